The van der Waals surface area contributed by atoms with Gasteiger partial charge in [-0.05, 0) is 43.7 Å². The number of carbonyl (C=O) groups is 2. The maximum absolute atomic E-state index is 13.1. The van der Waals surface area contributed by atoms with E-state index in [2.05, 4.69) is 24.0 Å². The standard InChI is InChI=1S/C21H28N4O3/c1-13(2)18-12-24(9-8-20(26)25(18)11-15-5-6-15)21(27)17-10-16(22-23-17)19-7-4-14(3)28-19/h4,7,10,13,15,18H,5-6,8-9,11-12H2,1-3H3,(H,22,23)/t18-/m0/s1. The van der Waals surface area contributed by atoms with Gasteiger partial charge in [0.15, 0.2) is 11.5 Å². The first-order valence-corrected chi connectivity index (χ1v) is 10.1. The predicted octanol–water partition coefficient (Wildman–Crippen LogP) is 3.09. The molecule has 2 amide bonds. The van der Waals surface area contributed by atoms with E-state index in [0.29, 0.717) is 42.6 Å². The van der Waals surface area contributed by atoms with Crippen LogP contribution in [0.1, 0.15) is 49.4 Å². The summed E-state index contributed by atoms with van der Waals surface area (Å²) < 4.78 is 5.60. The summed E-state index contributed by atoms with van der Waals surface area (Å²) in [4.78, 5) is 29.6. The number of carbonyl (C=O) groups excluding carboxylic acids is 2. The second-order valence-electron chi connectivity index (χ2n) is 8.38. The Labute approximate surface area is 165 Å². The number of furan rings is 1. The van der Waals surface area contributed by atoms with Crippen LogP contribution >= 0.6 is 0 Å². The van der Waals surface area contributed by atoms with Gasteiger partial charge in [0.25, 0.3) is 5.91 Å². The Bertz CT molecular complexity index is 865. The third kappa shape index (κ3) is 3.84. The van der Waals surface area contributed by atoms with Crippen LogP contribution in [0.2, 0.25) is 0 Å². The van der Waals surface area contributed by atoms with E-state index in [0.717, 1.165) is 12.3 Å². The first kappa shape index (κ1) is 18.8. The van der Waals surface area contributed by atoms with Gasteiger partial charge in [-0.1, -0.05) is 13.8 Å². The van der Waals surface area contributed by atoms with Gasteiger partial charge in [0.1, 0.15) is 11.5 Å². The Hall–Kier alpha value is -2.57. The third-order valence-corrected chi connectivity index (χ3v) is 5.74. The zero-order valence-corrected chi connectivity index (χ0v) is 16.8. The molecule has 1 N–H and O–H groups in total. The lowest BCUT2D eigenvalue weighted by molar-refractivity contribution is -0.133. The average molecular weight is 384 g/mol. The Morgan fingerprint density at radius 2 is 2.14 bits per heavy atom. The summed E-state index contributed by atoms with van der Waals surface area (Å²) in [6, 6.07) is 5.50. The molecule has 2 aromatic heterocycles. The maximum Gasteiger partial charge on any atom is 0.274 e. The highest BCUT2D eigenvalue weighted by Gasteiger charge is 2.37. The van der Waals surface area contributed by atoms with Crippen LogP contribution in [0.4, 0.5) is 0 Å². The van der Waals surface area contributed by atoms with E-state index in [9.17, 15) is 9.59 Å². The second-order valence-corrected chi connectivity index (χ2v) is 8.38. The molecule has 7 nitrogen and oxygen atoms in total. The van der Waals surface area contributed by atoms with E-state index >= 15 is 0 Å². The smallest absolute Gasteiger partial charge is 0.274 e. The summed E-state index contributed by atoms with van der Waals surface area (Å²) in [6.07, 6.45) is 2.79. The number of aromatic amines is 1. The highest BCUT2D eigenvalue weighted by molar-refractivity contribution is 5.94. The van der Waals surface area contributed by atoms with Crippen molar-refractivity contribution in [2.24, 2.45) is 11.8 Å². The second kappa shape index (κ2) is 7.45. The van der Waals surface area contributed by atoms with Crippen molar-refractivity contribution in [1.82, 2.24) is 20.0 Å². The molecule has 0 radical (unpaired) electrons. The monoisotopic (exact) mass is 384 g/mol. The summed E-state index contributed by atoms with van der Waals surface area (Å²) >= 11 is 0. The van der Waals surface area contributed by atoms with Gasteiger partial charge in [-0.15, -0.1) is 0 Å². The zero-order valence-electron chi connectivity index (χ0n) is 16.8. The summed E-state index contributed by atoms with van der Waals surface area (Å²) in [5.74, 6) is 2.41. The van der Waals surface area contributed by atoms with Gasteiger partial charge in [0, 0.05) is 32.1 Å². The Kier molecular flexibility index (Phi) is 5.00. The normalized spacial score (nSPS) is 20.7. The minimum atomic E-state index is -0.141. The van der Waals surface area contributed by atoms with Crippen LogP contribution in [-0.4, -0.2) is 57.5 Å². The number of nitrogens with one attached hydrogen (secondary N) is 1. The fourth-order valence-electron chi connectivity index (χ4n) is 3.84. The van der Waals surface area contributed by atoms with Crippen molar-refractivity contribution in [3.63, 3.8) is 0 Å². The molecule has 0 unspecified atom stereocenters. The molecule has 2 aliphatic rings. The highest BCUT2D eigenvalue weighted by atomic mass is 16.3. The van der Waals surface area contributed by atoms with Crippen LogP contribution in [-0.2, 0) is 4.79 Å². The summed E-state index contributed by atoms with van der Waals surface area (Å²) in [6.45, 7) is 7.93. The molecule has 3 heterocycles. The fraction of sp³-hybridized carbons (Fsp3) is 0.571. The molecule has 7 heteroatoms. The van der Waals surface area contributed by atoms with Crippen molar-refractivity contribution in [3.8, 4) is 11.5 Å². The SMILES string of the molecule is Cc1ccc(-c2cc(C(=O)N3CCC(=O)N(CC4CC4)[C@H](C(C)C)C3)n[nH]2)o1. The van der Waals surface area contributed by atoms with Crippen molar-refractivity contribution in [3.05, 3.63) is 29.7 Å². The molecule has 1 saturated carbocycles. The van der Waals surface area contributed by atoms with Gasteiger partial charge in [-0.25, -0.2) is 0 Å². The fourth-order valence-corrected chi connectivity index (χ4v) is 3.84. The maximum atomic E-state index is 13.1. The van der Waals surface area contributed by atoms with Gasteiger partial charge >= 0.3 is 0 Å². The van der Waals surface area contributed by atoms with Gasteiger partial charge in [0.05, 0.1) is 6.04 Å². The minimum absolute atomic E-state index is 0.0469. The number of aryl methyl sites for hydroxylation is 1. The van der Waals surface area contributed by atoms with Gasteiger partial charge in [-0.2, -0.15) is 5.10 Å². The zero-order chi connectivity index (χ0) is 19.8. The molecule has 0 bridgehead atoms. The van der Waals surface area contributed by atoms with E-state index in [-0.39, 0.29) is 23.8 Å². The number of amides is 2. The Morgan fingerprint density at radius 3 is 2.79 bits per heavy atom. The van der Waals surface area contributed by atoms with Crippen molar-refractivity contribution in [1.29, 1.82) is 0 Å². The highest BCUT2D eigenvalue weighted by Crippen LogP contribution is 2.32. The topological polar surface area (TPSA) is 82.4 Å². The average Bonchev–Trinajstić information content (AvgIpc) is 3.21. The molecule has 28 heavy (non-hydrogen) atoms. The Morgan fingerprint density at radius 1 is 1.36 bits per heavy atom. The summed E-state index contributed by atoms with van der Waals surface area (Å²) in [5.41, 5.74) is 1.03. The van der Waals surface area contributed by atoms with Crippen molar-refractivity contribution in [2.75, 3.05) is 19.6 Å². The predicted molar refractivity (Wildman–Crippen MR) is 105 cm³/mol. The van der Waals surface area contributed by atoms with Crippen LogP contribution in [0.5, 0.6) is 0 Å². The largest absolute Gasteiger partial charge is 0.460 e. The summed E-state index contributed by atoms with van der Waals surface area (Å²) in [7, 11) is 0. The van der Waals surface area contributed by atoms with Crippen LogP contribution in [0, 0.1) is 18.8 Å². The van der Waals surface area contributed by atoms with Crippen molar-refractivity contribution < 1.29 is 14.0 Å². The molecule has 0 spiro atoms. The number of hydrogen-bond donors (Lipinski definition) is 1. The van der Waals surface area contributed by atoms with Gasteiger partial charge < -0.3 is 14.2 Å². The number of H-pyrrole nitrogens is 1. The molecule has 150 valence electrons. The molecule has 0 aromatic carbocycles. The summed E-state index contributed by atoms with van der Waals surface area (Å²) in [5, 5.41) is 7.09. The van der Waals surface area contributed by atoms with Crippen LogP contribution in [0.15, 0.2) is 22.6 Å². The first-order valence-electron chi connectivity index (χ1n) is 10.1. The molecule has 1 saturated heterocycles. The minimum Gasteiger partial charge on any atom is -0.460 e. The van der Waals surface area contributed by atoms with E-state index in [4.69, 9.17) is 4.42 Å². The van der Waals surface area contributed by atoms with Crippen LogP contribution in [0.25, 0.3) is 11.5 Å². The Balaban J connectivity index is 1.52. The third-order valence-electron chi connectivity index (χ3n) is 5.74. The molecule has 4 rings (SSSR count). The number of nitrogens with zero attached hydrogens (tertiary/aromatic N) is 3. The van der Waals surface area contributed by atoms with E-state index in [1.165, 1.54) is 12.8 Å². The van der Waals surface area contributed by atoms with E-state index in [1.807, 2.05) is 24.0 Å². The van der Waals surface area contributed by atoms with E-state index < -0.39 is 0 Å². The molecule has 1 aliphatic carbocycles. The molecule has 2 fully saturated rings. The molecule has 1 atom stereocenters. The van der Waals surface area contributed by atoms with Crippen molar-refractivity contribution >= 4 is 11.8 Å². The van der Waals surface area contributed by atoms with Crippen LogP contribution < -0.4 is 0 Å². The lowest BCUT2D eigenvalue weighted by Crippen LogP contribution is -2.48. The molecular formula is C21H28N4O3. The molecular weight excluding hydrogens is 356 g/mol. The number of hydrogen-bond acceptors (Lipinski definition) is 4. The number of aromatic nitrogens is 2. The molecule has 1 aliphatic heterocycles. The van der Waals surface area contributed by atoms with Gasteiger partial charge in [-0.3, -0.25) is 14.7 Å². The van der Waals surface area contributed by atoms with E-state index in [1.54, 1.807) is 11.0 Å². The van der Waals surface area contributed by atoms with Crippen molar-refractivity contribution in [2.45, 2.75) is 46.1 Å². The lowest BCUT2D eigenvalue weighted by Gasteiger charge is -2.34. The molecule has 2 aromatic rings. The van der Waals surface area contributed by atoms with Gasteiger partial charge in [0.2, 0.25) is 5.91 Å². The number of rotatable bonds is 5. The lowest BCUT2D eigenvalue weighted by atomic mass is 10.0. The quantitative estimate of drug-likeness (QED) is 0.859. The first-order chi connectivity index (χ1) is 13.4. The van der Waals surface area contributed by atoms with Crippen LogP contribution in [0.3, 0.4) is 0 Å².